The van der Waals surface area contributed by atoms with Gasteiger partial charge in [0.25, 0.3) is 0 Å². The van der Waals surface area contributed by atoms with Gasteiger partial charge in [0.2, 0.25) is 0 Å². The number of furan rings is 1. The van der Waals surface area contributed by atoms with E-state index in [1.807, 2.05) is 23.9 Å². The van der Waals surface area contributed by atoms with E-state index in [0.717, 1.165) is 44.8 Å². The van der Waals surface area contributed by atoms with Gasteiger partial charge in [0, 0.05) is 50.0 Å². The zero-order valence-electron chi connectivity index (χ0n) is 27.6. The fraction of sp³-hybridized carbons (Fsp3) is 0.0870. The Labute approximate surface area is 300 Å². The van der Waals surface area contributed by atoms with E-state index in [1.165, 1.54) is 32.8 Å². The molecule has 3 aliphatic heterocycles. The second kappa shape index (κ2) is 11.3. The van der Waals surface area contributed by atoms with Crippen LogP contribution in [0.25, 0.3) is 33.1 Å². The van der Waals surface area contributed by atoms with Gasteiger partial charge in [-0.1, -0.05) is 97.1 Å². The standard InChI is InChI=1S/C46H32N2O2S/c1-2-10-29(11-3-1)30-18-20-31(21-19-30)47(34-26-27-36-35-12-4-7-15-39(35)49-41(36)28-34)32-22-24-33(25-23-32)48-43-37-13-5-8-16-40(37)50-45(43)46-44(48)38-14-6-9-17-42(38)51-46/h1-28,43-46H. The molecule has 8 aromatic rings. The highest BCUT2D eigenvalue weighted by molar-refractivity contribution is 8.00. The molecule has 7 aromatic carbocycles. The third-order valence-electron chi connectivity index (χ3n) is 10.8. The Bertz CT molecular complexity index is 2520. The summed E-state index contributed by atoms with van der Waals surface area (Å²) in [5.74, 6) is 1.01. The maximum absolute atomic E-state index is 6.72. The molecule has 5 heteroatoms. The van der Waals surface area contributed by atoms with E-state index in [2.05, 4.69) is 168 Å². The van der Waals surface area contributed by atoms with Gasteiger partial charge in [-0.15, -0.1) is 11.8 Å². The first-order valence-corrected chi connectivity index (χ1v) is 18.4. The highest BCUT2D eigenvalue weighted by Gasteiger charge is 2.58. The van der Waals surface area contributed by atoms with E-state index in [4.69, 9.17) is 9.15 Å². The first kappa shape index (κ1) is 28.9. The number of hydrogen-bond acceptors (Lipinski definition) is 5. The lowest BCUT2D eigenvalue weighted by Crippen LogP contribution is -2.27. The normalized spacial score (nSPS) is 19.8. The van der Waals surface area contributed by atoms with Crippen LogP contribution in [-0.4, -0.2) is 11.4 Å². The van der Waals surface area contributed by atoms with E-state index >= 15 is 0 Å². The van der Waals surface area contributed by atoms with Crippen LogP contribution in [0.1, 0.15) is 23.2 Å². The van der Waals surface area contributed by atoms with E-state index in [1.54, 1.807) is 0 Å². The Morgan fingerprint density at radius 3 is 2.00 bits per heavy atom. The van der Waals surface area contributed by atoms with Gasteiger partial charge in [-0.05, 0) is 83.4 Å². The molecule has 0 N–H and O–H groups in total. The topological polar surface area (TPSA) is 28.9 Å². The summed E-state index contributed by atoms with van der Waals surface area (Å²) in [4.78, 5) is 6.32. The van der Waals surface area contributed by atoms with E-state index in [0.29, 0.717) is 5.25 Å². The Balaban J connectivity index is 1.02. The zero-order chi connectivity index (χ0) is 33.5. The summed E-state index contributed by atoms with van der Waals surface area (Å²) in [6.45, 7) is 0. The maximum Gasteiger partial charge on any atom is 0.138 e. The van der Waals surface area contributed by atoms with Crippen molar-refractivity contribution in [1.29, 1.82) is 0 Å². The van der Waals surface area contributed by atoms with E-state index in [9.17, 15) is 0 Å². The second-order valence-electron chi connectivity index (χ2n) is 13.6. The van der Waals surface area contributed by atoms with E-state index < -0.39 is 0 Å². The number of nitrogens with zero attached hydrogens (tertiary/aromatic N) is 2. The molecule has 4 heterocycles. The van der Waals surface area contributed by atoms with Crippen molar-refractivity contribution >= 4 is 56.4 Å². The average molecular weight is 677 g/mol. The van der Waals surface area contributed by atoms with Crippen molar-refractivity contribution in [2.45, 2.75) is 28.3 Å². The fourth-order valence-corrected chi connectivity index (χ4v) is 10.1. The van der Waals surface area contributed by atoms with Gasteiger partial charge in [0.05, 0.1) is 17.3 Å². The van der Waals surface area contributed by atoms with Crippen molar-refractivity contribution < 1.29 is 9.15 Å². The summed E-state index contributed by atoms with van der Waals surface area (Å²) < 4.78 is 13.1. The van der Waals surface area contributed by atoms with Crippen LogP contribution in [0.2, 0.25) is 0 Å². The molecular formula is C46H32N2O2S. The van der Waals surface area contributed by atoms with Gasteiger partial charge >= 0.3 is 0 Å². The van der Waals surface area contributed by atoms with Crippen molar-refractivity contribution in [3.63, 3.8) is 0 Å². The Kier molecular flexibility index (Phi) is 6.40. The molecule has 0 radical (unpaired) electrons. The van der Waals surface area contributed by atoms with Crippen LogP contribution >= 0.6 is 11.8 Å². The van der Waals surface area contributed by atoms with Gasteiger partial charge in [-0.25, -0.2) is 0 Å². The largest absolute Gasteiger partial charge is 0.486 e. The van der Waals surface area contributed by atoms with Crippen LogP contribution in [0.3, 0.4) is 0 Å². The highest BCUT2D eigenvalue weighted by Crippen LogP contribution is 2.62. The second-order valence-corrected chi connectivity index (χ2v) is 14.8. The van der Waals surface area contributed by atoms with Crippen LogP contribution in [0, 0.1) is 0 Å². The van der Waals surface area contributed by atoms with Crippen LogP contribution in [0.15, 0.2) is 179 Å². The van der Waals surface area contributed by atoms with Gasteiger partial charge in [-0.2, -0.15) is 0 Å². The lowest BCUT2D eigenvalue weighted by Gasteiger charge is -2.32. The van der Waals surface area contributed by atoms with Gasteiger partial charge in [0.1, 0.15) is 23.0 Å². The van der Waals surface area contributed by atoms with Crippen LogP contribution in [0.4, 0.5) is 22.7 Å². The summed E-state index contributed by atoms with van der Waals surface area (Å²) in [6, 6.07) is 61.2. The Morgan fingerprint density at radius 2 is 1.16 bits per heavy atom. The molecule has 1 saturated heterocycles. The Hall–Kier alpha value is -5.91. The first-order valence-electron chi connectivity index (χ1n) is 17.5. The first-order chi connectivity index (χ1) is 25.3. The molecular weight excluding hydrogens is 645 g/mol. The smallest absolute Gasteiger partial charge is 0.138 e. The SMILES string of the molecule is c1ccc(-c2ccc(N(c3ccc(N4C5c6ccccc6OC5C5Sc6ccccc6C54)cc3)c3ccc4c(c3)oc3ccccc34)cc2)cc1. The summed E-state index contributed by atoms with van der Waals surface area (Å²) in [5.41, 5.74) is 11.3. The van der Waals surface area contributed by atoms with Gasteiger partial charge < -0.3 is 19.0 Å². The zero-order valence-corrected chi connectivity index (χ0v) is 28.4. The van der Waals surface area contributed by atoms with Crippen molar-refractivity contribution in [2.75, 3.05) is 9.80 Å². The van der Waals surface area contributed by atoms with Crippen molar-refractivity contribution in [3.05, 3.63) is 181 Å². The molecule has 1 fully saturated rings. The molecule has 1 aromatic heterocycles. The number of anilines is 4. The molecule has 0 spiro atoms. The summed E-state index contributed by atoms with van der Waals surface area (Å²) in [5, 5.41) is 2.57. The minimum Gasteiger partial charge on any atom is -0.486 e. The predicted molar refractivity (Wildman–Crippen MR) is 209 cm³/mol. The predicted octanol–water partition coefficient (Wildman–Crippen LogP) is 12.3. The average Bonchev–Trinajstić information content (AvgIpc) is 3.94. The highest BCUT2D eigenvalue weighted by atomic mass is 32.2. The number of benzene rings is 7. The summed E-state index contributed by atoms with van der Waals surface area (Å²) in [7, 11) is 0. The van der Waals surface area contributed by atoms with E-state index in [-0.39, 0.29) is 18.2 Å². The molecule has 3 aliphatic rings. The van der Waals surface area contributed by atoms with Crippen molar-refractivity contribution in [3.8, 4) is 16.9 Å². The quantitative estimate of drug-likeness (QED) is 0.181. The summed E-state index contributed by atoms with van der Waals surface area (Å²) in [6.07, 6.45) is 0.0830. The third kappa shape index (κ3) is 4.48. The minimum absolute atomic E-state index is 0.0830. The lowest BCUT2D eigenvalue weighted by molar-refractivity contribution is 0.229. The van der Waals surface area contributed by atoms with Crippen LogP contribution in [-0.2, 0) is 0 Å². The van der Waals surface area contributed by atoms with Crippen LogP contribution < -0.4 is 14.5 Å². The number of ether oxygens (including phenoxy) is 1. The monoisotopic (exact) mass is 676 g/mol. The van der Waals surface area contributed by atoms with Crippen molar-refractivity contribution in [1.82, 2.24) is 0 Å². The molecule has 4 nitrogen and oxygen atoms in total. The van der Waals surface area contributed by atoms with Gasteiger partial charge in [0.15, 0.2) is 0 Å². The molecule has 0 bridgehead atoms. The number of thioether (sulfide) groups is 1. The molecule has 0 amide bonds. The molecule has 11 rings (SSSR count). The fourth-order valence-electron chi connectivity index (χ4n) is 8.55. The molecule has 0 saturated carbocycles. The Morgan fingerprint density at radius 1 is 0.510 bits per heavy atom. The molecule has 0 aliphatic carbocycles. The van der Waals surface area contributed by atoms with Gasteiger partial charge in [-0.3, -0.25) is 0 Å². The molecule has 51 heavy (non-hydrogen) atoms. The van der Waals surface area contributed by atoms with Crippen LogP contribution in [0.5, 0.6) is 5.75 Å². The third-order valence-corrected chi connectivity index (χ3v) is 12.2. The molecule has 4 unspecified atom stereocenters. The number of para-hydroxylation sites is 2. The number of fused-ring (bicyclic) bond motifs is 10. The summed E-state index contributed by atoms with van der Waals surface area (Å²) >= 11 is 1.97. The minimum atomic E-state index is 0.0830. The molecule has 4 atom stereocenters. The maximum atomic E-state index is 6.72. The molecule has 244 valence electrons. The number of rotatable bonds is 5. The van der Waals surface area contributed by atoms with Crippen molar-refractivity contribution in [2.24, 2.45) is 0 Å². The lowest BCUT2D eigenvalue weighted by atomic mass is 10.0. The number of hydrogen-bond donors (Lipinski definition) is 0.